The fourth-order valence-electron chi connectivity index (χ4n) is 3.85. The molecular weight excluding hydrogens is 368 g/mol. The second-order valence-corrected chi connectivity index (χ2v) is 7.01. The average molecular weight is 390 g/mol. The third-order valence-electron chi connectivity index (χ3n) is 5.34. The molecular formula is C22H22N4O3. The molecule has 1 saturated carbocycles. The van der Waals surface area contributed by atoms with E-state index in [0.717, 1.165) is 25.7 Å². The Labute approximate surface area is 169 Å². The van der Waals surface area contributed by atoms with Crippen molar-refractivity contribution < 1.29 is 14.4 Å². The van der Waals surface area contributed by atoms with Crippen LogP contribution in [0, 0.1) is 17.2 Å². The normalized spacial score (nSPS) is 14.6. The summed E-state index contributed by atoms with van der Waals surface area (Å²) in [6.45, 7) is 0. The van der Waals surface area contributed by atoms with Gasteiger partial charge in [-0.1, -0.05) is 31.0 Å². The molecule has 0 bridgehead atoms. The standard InChI is InChI=1S/C22H22N4O3/c1-24-22(29)19(14-6-2-3-7-14)26-21(28)17-10-11-25-20(18(17)13-27)16-9-5-4-8-15(16)12-23/h4-5,8-11,13-14,19H,2-3,6-7H2,1H3,(H,24,29)(H,26,28)/t19-/m1/s1. The van der Waals surface area contributed by atoms with Crippen molar-refractivity contribution in [2.45, 2.75) is 31.7 Å². The lowest BCUT2D eigenvalue weighted by Gasteiger charge is -2.23. The molecule has 1 fully saturated rings. The van der Waals surface area contributed by atoms with Crippen LogP contribution in [-0.4, -0.2) is 36.2 Å². The number of aromatic nitrogens is 1. The van der Waals surface area contributed by atoms with Gasteiger partial charge in [-0.25, -0.2) is 0 Å². The molecule has 1 heterocycles. The summed E-state index contributed by atoms with van der Waals surface area (Å²) in [7, 11) is 1.54. The molecule has 0 unspecified atom stereocenters. The lowest BCUT2D eigenvalue weighted by molar-refractivity contribution is -0.123. The first-order valence-electron chi connectivity index (χ1n) is 9.56. The van der Waals surface area contributed by atoms with E-state index in [1.54, 1.807) is 24.3 Å². The second-order valence-electron chi connectivity index (χ2n) is 7.01. The van der Waals surface area contributed by atoms with E-state index in [0.29, 0.717) is 17.4 Å². The van der Waals surface area contributed by atoms with Gasteiger partial charge in [0.15, 0.2) is 6.29 Å². The smallest absolute Gasteiger partial charge is 0.252 e. The fourth-order valence-corrected chi connectivity index (χ4v) is 3.85. The van der Waals surface area contributed by atoms with E-state index in [1.165, 1.54) is 19.3 Å². The number of hydrogen-bond acceptors (Lipinski definition) is 5. The van der Waals surface area contributed by atoms with E-state index in [4.69, 9.17) is 0 Å². The van der Waals surface area contributed by atoms with Gasteiger partial charge in [-0.05, 0) is 30.9 Å². The molecule has 1 aromatic carbocycles. The number of aldehydes is 1. The Kier molecular flexibility index (Phi) is 6.35. The largest absolute Gasteiger partial charge is 0.357 e. The third kappa shape index (κ3) is 4.16. The maximum Gasteiger partial charge on any atom is 0.252 e. The lowest BCUT2D eigenvalue weighted by Crippen LogP contribution is -2.49. The molecule has 0 radical (unpaired) electrons. The first kappa shape index (κ1) is 20.2. The van der Waals surface area contributed by atoms with E-state index in [-0.39, 0.29) is 28.6 Å². The monoisotopic (exact) mass is 390 g/mol. The molecule has 7 heteroatoms. The molecule has 2 aromatic rings. The highest BCUT2D eigenvalue weighted by Crippen LogP contribution is 2.29. The van der Waals surface area contributed by atoms with Gasteiger partial charge < -0.3 is 10.6 Å². The molecule has 29 heavy (non-hydrogen) atoms. The summed E-state index contributed by atoms with van der Waals surface area (Å²) in [5, 5.41) is 14.8. The minimum Gasteiger partial charge on any atom is -0.357 e. The van der Waals surface area contributed by atoms with Crippen molar-refractivity contribution in [1.29, 1.82) is 5.26 Å². The molecule has 1 aromatic heterocycles. The summed E-state index contributed by atoms with van der Waals surface area (Å²) in [6, 6.07) is 9.63. The minimum absolute atomic E-state index is 0.0687. The van der Waals surface area contributed by atoms with Crippen LogP contribution in [0.15, 0.2) is 36.5 Å². The van der Waals surface area contributed by atoms with E-state index < -0.39 is 11.9 Å². The summed E-state index contributed by atoms with van der Waals surface area (Å²) in [5.41, 5.74) is 1.32. The van der Waals surface area contributed by atoms with Crippen molar-refractivity contribution in [3.8, 4) is 17.3 Å². The Morgan fingerprint density at radius 1 is 1.24 bits per heavy atom. The number of benzene rings is 1. The molecule has 0 saturated heterocycles. The minimum atomic E-state index is -0.655. The number of amides is 2. The number of hydrogen-bond donors (Lipinski definition) is 2. The van der Waals surface area contributed by atoms with Crippen LogP contribution in [-0.2, 0) is 4.79 Å². The highest BCUT2D eigenvalue weighted by molar-refractivity contribution is 6.06. The van der Waals surface area contributed by atoms with Crippen molar-refractivity contribution in [3.05, 3.63) is 53.2 Å². The Hall–Kier alpha value is -3.53. The summed E-state index contributed by atoms with van der Waals surface area (Å²) in [4.78, 5) is 41.5. The van der Waals surface area contributed by atoms with Gasteiger partial charge in [0.25, 0.3) is 5.91 Å². The maximum atomic E-state index is 13.0. The van der Waals surface area contributed by atoms with Gasteiger partial charge in [0.05, 0.1) is 28.5 Å². The number of nitrogens with one attached hydrogen (secondary N) is 2. The van der Waals surface area contributed by atoms with Crippen LogP contribution in [0.3, 0.4) is 0 Å². The first-order chi connectivity index (χ1) is 14.1. The van der Waals surface area contributed by atoms with Crippen molar-refractivity contribution in [2.24, 2.45) is 5.92 Å². The molecule has 3 rings (SSSR count). The summed E-state index contributed by atoms with van der Waals surface area (Å²) in [5.74, 6) is -0.688. The fraction of sp³-hybridized carbons (Fsp3) is 0.318. The molecule has 0 aliphatic heterocycles. The zero-order valence-electron chi connectivity index (χ0n) is 16.1. The summed E-state index contributed by atoms with van der Waals surface area (Å²) >= 11 is 0. The van der Waals surface area contributed by atoms with Gasteiger partial charge in [-0.15, -0.1) is 0 Å². The Bertz CT molecular complexity index is 974. The van der Waals surface area contributed by atoms with Gasteiger partial charge in [0.2, 0.25) is 5.91 Å². The number of pyridine rings is 1. The Balaban J connectivity index is 1.98. The van der Waals surface area contributed by atoms with Gasteiger partial charge in [0, 0.05) is 18.8 Å². The van der Waals surface area contributed by atoms with E-state index in [9.17, 15) is 19.6 Å². The van der Waals surface area contributed by atoms with Crippen LogP contribution in [0.5, 0.6) is 0 Å². The molecule has 148 valence electrons. The molecule has 2 N–H and O–H groups in total. The van der Waals surface area contributed by atoms with E-state index in [1.807, 2.05) is 0 Å². The highest BCUT2D eigenvalue weighted by Gasteiger charge is 2.32. The SMILES string of the molecule is CNC(=O)[C@H](NC(=O)c1ccnc(-c2ccccc2C#N)c1C=O)C1CCCC1. The zero-order chi connectivity index (χ0) is 20.8. The Morgan fingerprint density at radius 2 is 1.97 bits per heavy atom. The number of rotatable bonds is 6. The zero-order valence-corrected chi connectivity index (χ0v) is 16.1. The topological polar surface area (TPSA) is 112 Å². The van der Waals surface area contributed by atoms with Crippen molar-refractivity contribution in [3.63, 3.8) is 0 Å². The van der Waals surface area contributed by atoms with Gasteiger partial charge in [0.1, 0.15) is 6.04 Å². The van der Waals surface area contributed by atoms with Crippen LogP contribution in [0.2, 0.25) is 0 Å². The molecule has 7 nitrogen and oxygen atoms in total. The molecule has 1 atom stereocenters. The summed E-state index contributed by atoms with van der Waals surface area (Å²) in [6.07, 6.45) is 5.79. The number of likely N-dealkylation sites (N-methyl/N-ethyl adjacent to an activating group) is 1. The lowest BCUT2D eigenvalue weighted by atomic mass is 9.95. The first-order valence-corrected chi connectivity index (χ1v) is 9.56. The van der Waals surface area contributed by atoms with Crippen molar-refractivity contribution in [1.82, 2.24) is 15.6 Å². The van der Waals surface area contributed by atoms with Gasteiger partial charge in [-0.2, -0.15) is 5.26 Å². The molecule has 1 aliphatic rings. The molecule has 1 aliphatic carbocycles. The van der Waals surface area contributed by atoms with E-state index in [2.05, 4.69) is 21.7 Å². The predicted molar refractivity (Wildman–Crippen MR) is 107 cm³/mol. The number of carbonyl (C=O) groups is 3. The van der Waals surface area contributed by atoms with Crippen LogP contribution in [0.1, 0.15) is 52.0 Å². The summed E-state index contributed by atoms with van der Waals surface area (Å²) < 4.78 is 0. The van der Waals surface area contributed by atoms with Gasteiger partial charge in [-0.3, -0.25) is 19.4 Å². The number of carbonyl (C=O) groups excluding carboxylic acids is 3. The number of nitriles is 1. The Morgan fingerprint density at radius 3 is 2.62 bits per heavy atom. The van der Waals surface area contributed by atoms with E-state index >= 15 is 0 Å². The van der Waals surface area contributed by atoms with Crippen LogP contribution in [0.25, 0.3) is 11.3 Å². The maximum absolute atomic E-state index is 13.0. The molecule has 0 spiro atoms. The molecule has 2 amide bonds. The second kappa shape index (κ2) is 9.11. The average Bonchev–Trinajstić information content (AvgIpc) is 3.30. The number of nitrogens with zero attached hydrogens (tertiary/aromatic N) is 2. The predicted octanol–water partition coefficient (Wildman–Crippen LogP) is 2.47. The van der Waals surface area contributed by atoms with Crippen LogP contribution in [0.4, 0.5) is 0 Å². The third-order valence-corrected chi connectivity index (χ3v) is 5.34. The van der Waals surface area contributed by atoms with Gasteiger partial charge >= 0.3 is 0 Å². The quantitative estimate of drug-likeness (QED) is 0.736. The highest BCUT2D eigenvalue weighted by atomic mass is 16.2. The van der Waals surface area contributed by atoms with Crippen molar-refractivity contribution >= 4 is 18.1 Å². The van der Waals surface area contributed by atoms with Crippen LogP contribution >= 0.6 is 0 Å². The van der Waals surface area contributed by atoms with Crippen molar-refractivity contribution in [2.75, 3.05) is 7.05 Å². The van der Waals surface area contributed by atoms with Crippen LogP contribution < -0.4 is 10.6 Å².